The molecule has 1 rings (SSSR count). The molecule has 0 aliphatic heterocycles. The van der Waals surface area contributed by atoms with Gasteiger partial charge in [-0.05, 0) is 19.1 Å². The van der Waals surface area contributed by atoms with Gasteiger partial charge >= 0.3 is 6.18 Å². The molecule has 19 heavy (non-hydrogen) atoms. The molecule has 0 aliphatic carbocycles. The van der Waals surface area contributed by atoms with E-state index in [4.69, 9.17) is 0 Å². The first kappa shape index (κ1) is 15.2. The first-order valence-corrected chi connectivity index (χ1v) is 5.43. The van der Waals surface area contributed by atoms with Gasteiger partial charge in [0, 0.05) is 23.9 Å². The van der Waals surface area contributed by atoms with Crippen molar-refractivity contribution in [2.45, 2.75) is 13.1 Å². The van der Waals surface area contributed by atoms with E-state index in [1.54, 1.807) is 13.0 Å². The van der Waals surface area contributed by atoms with Crippen LogP contribution in [0.15, 0.2) is 18.2 Å². The van der Waals surface area contributed by atoms with E-state index in [2.05, 4.69) is 10.1 Å². The Kier molecular flexibility index (Phi) is 5.11. The number of anilines is 1. The molecule has 0 bridgehead atoms. The van der Waals surface area contributed by atoms with Gasteiger partial charge in [-0.2, -0.15) is 13.2 Å². The van der Waals surface area contributed by atoms with Crippen LogP contribution in [0, 0.1) is 17.0 Å². The SMILES string of the molecule is Cc1cc(NCCOCC(F)(F)F)ccc1[N+](=O)[O-]. The molecule has 5 nitrogen and oxygen atoms in total. The second-order valence-electron chi connectivity index (χ2n) is 3.85. The van der Waals surface area contributed by atoms with Crippen molar-refractivity contribution in [2.24, 2.45) is 0 Å². The minimum atomic E-state index is -4.33. The third-order valence-electron chi connectivity index (χ3n) is 2.23. The summed E-state index contributed by atoms with van der Waals surface area (Å²) in [4.78, 5) is 10.1. The number of nitro benzene ring substituents is 1. The van der Waals surface area contributed by atoms with Gasteiger partial charge < -0.3 is 10.1 Å². The van der Waals surface area contributed by atoms with E-state index < -0.39 is 17.7 Å². The summed E-state index contributed by atoms with van der Waals surface area (Å²) < 4.78 is 39.7. The first-order valence-electron chi connectivity index (χ1n) is 5.43. The monoisotopic (exact) mass is 278 g/mol. The van der Waals surface area contributed by atoms with Gasteiger partial charge in [0.2, 0.25) is 0 Å². The lowest BCUT2D eigenvalue weighted by Crippen LogP contribution is -2.20. The van der Waals surface area contributed by atoms with E-state index in [9.17, 15) is 23.3 Å². The Labute approximate surface area is 107 Å². The minimum Gasteiger partial charge on any atom is -0.383 e. The van der Waals surface area contributed by atoms with Crippen molar-refractivity contribution in [3.63, 3.8) is 0 Å². The third kappa shape index (κ3) is 5.56. The largest absolute Gasteiger partial charge is 0.411 e. The number of nitro groups is 1. The summed E-state index contributed by atoms with van der Waals surface area (Å²) in [7, 11) is 0. The Morgan fingerprint density at radius 2 is 2.11 bits per heavy atom. The molecule has 1 aromatic rings. The lowest BCUT2D eigenvalue weighted by atomic mass is 10.2. The van der Waals surface area contributed by atoms with Crippen LogP contribution in [0.5, 0.6) is 0 Å². The maximum absolute atomic E-state index is 11.8. The summed E-state index contributed by atoms with van der Waals surface area (Å²) in [5, 5.41) is 13.4. The van der Waals surface area contributed by atoms with E-state index >= 15 is 0 Å². The first-order chi connectivity index (χ1) is 8.79. The highest BCUT2D eigenvalue weighted by molar-refractivity contribution is 5.53. The quantitative estimate of drug-likeness (QED) is 0.493. The number of alkyl halides is 3. The average Bonchev–Trinajstić information content (AvgIpc) is 2.26. The van der Waals surface area contributed by atoms with Gasteiger partial charge in [-0.3, -0.25) is 10.1 Å². The van der Waals surface area contributed by atoms with Gasteiger partial charge in [-0.1, -0.05) is 0 Å². The zero-order valence-electron chi connectivity index (χ0n) is 10.2. The molecule has 0 fully saturated rings. The summed E-state index contributed by atoms with van der Waals surface area (Å²) in [6.45, 7) is 0.389. The Morgan fingerprint density at radius 3 is 2.63 bits per heavy atom. The van der Waals surface area contributed by atoms with E-state index in [1.807, 2.05) is 0 Å². The molecule has 0 amide bonds. The second kappa shape index (κ2) is 6.37. The van der Waals surface area contributed by atoms with E-state index in [0.29, 0.717) is 11.3 Å². The van der Waals surface area contributed by atoms with Crippen molar-refractivity contribution in [2.75, 3.05) is 25.1 Å². The van der Waals surface area contributed by atoms with Crippen LogP contribution in [0.4, 0.5) is 24.5 Å². The molecule has 0 unspecified atom stereocenters. The number of nitrogens with zero attached hydrogens (tertiary/aromatic N) is 1. The normalized spacial score (nSPS) is 11.4. The van der Waals surface area contributed by atoms with Gasteiger partial charge in [0.25, 0.3) is 5.69 Å². The number of aryl methyl sites for hydroxylation is 1. The lowest BCUT2D eigenvalue weighted by molar-refractivity contribution is -0.385. The van der Waals surface area contributed by atoms with Gasteiger partial charge in [0.1, 0.15) is 6.61 Å². The number of benzene rings is 1. The van der Waals surface area contributed by atoms with Crippen molar-refractivity contribution in [1.82, 2.24) is 0 Å². The fourth-order valence-electron chi connectivity index (χ4n) is 1.43. The lowest BCUT2D eigenvalue weighted by Gasteiger charge is -2.09. The molecule has 0 radical (unpaired) electrons. The number of hydrogen-bond donors (Lipinski definition) is 1. The fraction of sp³-hybridized carbons (Fsp3) is 0.455. The predicted octanol–water partition coefficient (Wildman–Crippen LogP) is 2.89. The second-order valence-corrected chi connectivity index (χ2v) is 3.85. The highest BCUT2D eigenvalue weighted by Crippen LogP contribution is 2.21. The Hall–Kier alpha value is -1.83. The molecule has 0 heterocycles. The van der Waals surface area contributed by atoms with Crippen LogP contribution in [-0.2, 0) is 4.74 Å². The molecular formula is C11H13F3N2O3. The number of halogens is 3. The van der Waals surface area contributed by atoms with Crippen molar-refractivity contribution < 1.29 is 22.8 Å². The molecule has 0 saturated heterocycles. The molecule has 8 heteroatoms. The van der Waals surface area contributed by atoms with Gasteiger partial charge in [-0.15, -0.1) is 0 Å². The maximum atomic E-state index is 11.8. The van der Waals surface area contributed by atoms with Crippen LogP contribution >= 0.6 is 0 Å². The smallest absolute Gasteiger partial charge is 0.383 e. The maximum Gasteiger partial charge on any atom is 0.411 e. The summed E-state index contributed by atoms with van der Waals surface area (Å²) >= 11 is 0. The van der Waals surface area contributed by atoms with Gasteiger partial charge in [0.15, 0.2) is 0 Å². The van der Waals surface area contributed by atoms with Crippen molar-refractivity contribution in [3.8, 4) is 0 Å². The van der Waals surface area contributed by atoms with E-state index in [0.717, 1.165) is 0 Å². The van der Waals surface area contributed by atoms with Crippen LogP contribution in [0.2, 0.25) is 0 Å². The number of rotatable bonds is 6. The highest BCUT2D eigenvalue weighted by atomic mass is 19.4. The highest BCUT2D eigenvalue weighted by Gasteiger charge is 2.27. The summed E-state index contributed by atoms with van der Waals surface area (Å²) in [5.41, 5.74) is 1.07. The summed E-state index contributed by atoms with van der Waals surface area (Å²) in [6, 6.07) is 4.39. The predicted molar refractivity (Wildman–Crippen MR) is 63.2 cm³/mol. The molecule has 0 aliphatic rings. The minimum absolute atomic E-state index is 0.00104. The Balaban J connectivity index is 2.38. The zero-order valence-corrected chi connectivity index (χ0v) is 10.2. The van der Waals surface area contributed by atoms with Crippen molar-refractivity contribution in [1.29, 1.82) is 0 Å². The standard InChI is InChI=1S/C11H13F3N2O3/c1-8-6-9(2-3-10(8)16(17)18)15-4-5-19-7-11(12,13)14/h2-3,6,15H,4-5,7H2,1H3. The molecule has 1 aromatic carbocycles. The fourth-order valence-corrected chi connectivity index (χ4v) is 1.43. The van der Waals surface area contributed by atoms with Crippen molar-refractivity contribution in [3.05, 3.63) is 33.9 Å². The molecule has 0 aromatic heterocycles. The Morgan fingerprint density at radius 1 is 1.42 bits per heavy atom. The molecule has 0 saturated carbocycles. The molecule has 1 N–H and O–H groups in total. The van der Waals surface area contributed by atoms with Crippen LogP contribution in [0.25, 0.3) is 0 Å². The van der Waals surface area contributed by atoms with E-state index in [1.165, 1.54) is 12.1 Å². The summed E-state index contributed by atoms with van der Waals surface area (Å²) in [5.74, 6) is 0. The van der Waals surface area contributed by atoms with Crippen molar-refractivity contribution >= 4 is 11.4 Å². The molecule has 0 spiro atoms. The van der Waals surface area contributed by atoms with Crippen LogP contribution in [-0.4, -0.2) is 30.9 Å². The van der Waals surface area contributed by atoms with Gasteiger partial charge in [0.05, 0.1) is 11.5 Å². The molecular weight excluding hydrogens is 265 g/mol. The average molecular weight is 278 g/mol. The number of ether oxygens (including phenoxy) is 1. The molecule has 106 valence electrons. The summed E-state index contributed by atoms with van der Waals surface area (Å²) in [6.07, 6.45) is -4.33. The van der Waals surface area contributed by atoms with Crippen LogP contribution in [0.1, 0.15) is 5.56 Å². The van der Waals surface area contributed by atoms with Gasteiger partial charge in [-0.25, -0.2) is 0 Å². The molecule has 0 atom stereocenters. The van der Waals surface area contributed by atoms with Crippen LogP contribution < -0.4 is 5.32 Å². The third-order valence-corrected chi connectivity index (χ3v) is 2.23. The topological polar surface area (TPSA) is 64.4 Å². The van der Waals surface area contributed by atoms with E-state index in [-0.39, 0.29) is 18.8 Å². The number of hydrogen-bond acceptors (Lipinski definition) is 4. The van der Waals surface area contributed by atoms with Crippen LogP contribution in [0.3, 0.4) is 0 Å². The zero-order chi connectivity index (χ0) is 14.5. The number of nitrogens with one attached hydrogen (secondary N) is 1. The Bertz CT molecular complexity index is 449.